The van der Waals surface area contributed by atoms with Crippen LogP contribution in [0.1, 0.15) is 24.4 Å². The van der Waals surface area contributed by atoms with Crippen molar-refractivity contribution in [2.75, 3.05) is 31.1 Å². The van der Waals surface area contributed by atoms with Gasteiger partial charge in [-0.2, -0.15) is 0 Å². The maximum absolute atomic E-state index is 11.6. The van der Waals surface area contributed by atoms with Crippen LogP contribution in [0.2, 0.25) is 0 Å². The standard InChI is InChI=1S/C16H24N2O3S/c19-16-12-22(20,21)11-14(16)17-10-15(18-8-4-5-9-18)13-6-2-1-3-7-13/h1-3,6-7,14-17,19H,4-5,8-12H2. The Kier molecular flexibility index (Phi) is 4.82. The third kappa shape index (κ3) is 3.68. The van der Waals surface area contributed by atoms with Crippen molar-refractivity contribution in [2.24, 2.45) is 0 Å². The average Bonchev–Trinajstić information content (AvgIpc) is 3.09. The molecule has 0 saturated carbocycles. The lowest BCUT2D eigenvalue weighted by atomic mass is 10.0. The molecule has 3 unspecified atom stereocenters. The van der Waals surface area contributed by atoms with Crippen molar-refractivity contribution >= 4 is 9.84 Å². The average molecular weight is 324 g/mol. The van der Waals surface area contributed by atoms with E-state index in [1.54, 1.807) is 0 Å². The summed E-state index contributed by atoms with van der Waals surface area (Å²) < 4.78 is 23.2. The van der Waals surface area contributed by atoms with Crippen molar-refractivity contribution in [3.63, 3.8) is 0 Å². The molecule has 0 radical (unpaired) electrons. The first-order valence-electron chi connectivity index (χ1n) is 7.96. The Morgan fingerprint density at radius 2 is 1.86 bits per heavy atom. The van der Waals surface area contributed by atoms with Crippen LogP contribution in [0.5, 0.6) is 0 Å². The van der Waals surface area contributed by atoms with Crippen LogP contribution < -0.4 is 5.32 Å². The Bertz CT molecular complexity index is 585. The van der Waals surface area contributed by atoms with Gasteiger partial charge in [-0.1, -0.05) is 30.3 Å². The van der Waals surface area contributed by atoms with Gasteiger partial charge in [-0.05, 0) is 31.5 Å². The molecular weight excluding hydrogens is 300 g/mol. The summed E-state index contributed by atoms with van der Waals surface area (Å²) in [5, 5.41) is 13.2. The van der Waals surface area contributed by atoms with Gasteiger partial charge >= 0.3 is 0 Å². The van der Waals surface area contributed by atoms with Crippen molar-refractivity contribution in [2.45, 2.75) is 31.0 Å². The lowest BCUT2D eigenvalue weighted by Crippen LogP contribution is -2.44. The van der Waals surface area contributed by atoms with Crippen molar-refractivity contribution in [1.82, 2.24) is 10.2 Å². The van der Waals surface area contributed by atoms with Crippen LogP contribution in [0.4, 0.5) is 0 Å². The molecule has 2 aliphatic rings. The number of nitrogens with zero attached hydrogens (tertiary/aromatic N) is 1. The molecule has 2 aliphatic heterocycles. The molecule has 0 amide bonds. The first-order chi connectivity index (χ1) is 10.6. The highest BCUT2D eigenvalue weighted by atomic mass is 32.2. The molecule has 2 saturated heterocycles. The van der Waals surface area contributed by atoms with E-state index >= 15 is 0 Å². The first kappa shape index (κ1) is 15.9. The number of hydrogen-bond acceptors (Lipinski definition) is 5. The first-order valence-corrected chi connectivity index (χ1v) is 9.78. The van der Waals surface area contributed by atoms with Gasteiger partial charge < -0.3 is 10.4 Å². The van der Waals surface area contributed by atoms with Crippen molar-refractivity contribution in [1.29, 1.82) is 0 Å². The number of likely N-dealkylation sites (tertiary alicyclic amines) is 1. The second-order valence-electron chi connectivity index (χ2n) is 6.33. The molecular formula is C16H24N2O3S. The van der Waals surface area contributed by atoms with Crippen molar-refractivity contribution < 1.29 is 13.5 Å². The summed E-state index contributed by atoms with van der Waals surface area (Å²) >= 11 is 0. The molecule has 122 valence electrons. The second kappa shape index (κ2) is 6.66. The SMILES string of the molecule is O=S1(=O)CC(O)C(NCC(c2ccccc2)N2CCCC2)C1. The lowest BCUT2D eigenvalue weighted by Gasteiger charge is -2.30. The molecule has 0 spiro atoms. The molecule has 3 rings (SSSR count). The van der Waals surface area contributed by atoms with Gasteiger partial charge in [0.2, 0.25) is 0 Å². The van der Waals surface area contributed by atoms with Crippen LogP contribution in [0.25, 0.3) is 0 Å². The normalized spacial score (nSPS) is 29.7. The Labute approximate surface area is 132 Å². The third-order valence-corrected chi connectivity index (χ3v) is 6.38. The summed E-state index contributed by atoms with van der Waals surface area (Å²) in [6.07, 6.45) is 1.63. The summed E-state index contributed by atoms with van der Waals surface area (Å²) in [4.78, 5) is 2.44. The van der Waals surface area contributed by atoms with Crippen molar-refractivity contribution in [3.8, 4) is 0 Å². The minimum atomic E-state index is -3.10. The highest BCUT2D eigenvalue weighted by molar-refractivity contribution is 7.91. The van der Waals surface area contributed by atoms with Gasteiger partial charge in [0.05, 0.1) is 17.6 Å². The van der Waals surface area contributed by atoms with Crippen LogP contribution in [0.3, 0.4) is 0 Å². The monoisotopic (exact) mass is 324 g/mol. The highest BCUT2D eigenvalue weighted by Crippen LogP contribution is 2.25. The van der Waals surface area contributed by atoms with Crippen LogP contribution in [-0.2, 0) is 9.84 Å². The van der Waals surface area contributed by atoms with Gasteiger partial charge in [0.25, 0.3) is 0 Å². The summed E-state index contributed by atoms with van der Waals surface area (Å²) in [5.41, 5.74) is 1.24. The molecule has 1 aromatic rings. The fourth-order valence-corrected chi connectivity index (χ4v) is 5.25. The zero-order valence-corrected chi connectivity index (χ0v) is 13.5. The molecule has 22 heavy (non-hydrogen) atoms. The molecule has 6 heteroatoms. The fourth-order valence-electron chi connectivity index (χ4n) is 3.47. The number of nitrogens with one attached hydrogen (secondary N) is 1. The quantitative estimate of drug-likeness (QED) is 0.829. The molecule has 1 aromatic carbocycles. The molecule has 2 heterocycles. The number of hydrogen-bond donors (Lipinski definition) is 2. The fraction of sp³-hybridized carbons (Fsp3) is 0.625. The van der Waals surface area contributed by atoms with E-state index in [1.165, 1.54) is 18.4 Å². The summed E-state index contributed by atoms with van der Waals surface area (Å²) in [7, 11) is -3.10. The van der Waals surface area contributed by atoms with E-state index < -0.39 is 15.9 Å². The highest BCUT2D eigenvalue weighted by Gasteiger charge is 2.36. The van der Waals surface area contributed by atoms with Gasteiger partial charge in [0, 0.05) is 18.6 Å². The zero-order chi connectivity index (χ0) is 15.6. The van der Waals surface area contributed by atoms with E-state index in [1.807, 2.05) is 18.2 Å². The summed E-state index contributed by atoms with van der Waals surface area (Å²) in [5.74, 6) is -0.0833. The number of benzene rings is 1. The number of aliphatic hydroxyl groups excluding tert-OH is 1. The minimum Gasteiger partial charge on any atom is -0.390 e. The van der Waals surface area contributed by atoms with E-state index in [0.717, 1.165) is 13.1 Å². The van der Waals surface area contributed by atoms with Crippen LogP contribution in [-0.4, -0.2) is 61.7 Å². The maximum Gasteiger partial charge on any atom is 0.154 e. The van der Waals surface area contributed by atoms with E-state index in [0.29, 0.717) is 6.54 Å². The molecule has 0 bridgehead atoms. The molecule has 2 fully saturated rings. The van der Waals surface area contributed by atoms with Gasteiger partial charge in [-0.3, -0.25) is 4.90 Å². The minimum absolute atomic E-state index is 0.0374. The molecule has 3 atom stereocenters. The van der Waals surface area contributed by atoms with Crippen LogP contribution in [0.15, 0.2) is 30.3 Å². The molecule has 0 aromatic heterocycles. The number of aliphatic hydroxyl groups is 1. The second-order valence-corrected chi connectivity index (χ2v) is 8.48. The van der Waals surface area contributed by atoms with E-state index in [-0.39, 0.29) is 23.6 Å². The van der Waals surface area contributed by atoms with E-state index in [4.69, 9.17) is 0 Å². The summed E-state index contributed by atoms with van der Waals surface area (Å²) in [6, 6.07) is 10.2. The van der Waals surface area contributed by atoms with E-state index in [2.05, 4.69) is 22.3 Å². The topological polar surface area (TPSA) is 69.6 Å². The van der Waals surface area contributed by atoms with E-state index in [9.17, 15) is 13.5 Å². The Balaban J connectivity index is 1.68. The van der Waals surface area contributed by atoms with Gasteiger partial charge in [0.1, 0.15) is 0 Å². The summed E-state index contributed by atoms with van der Waals surface area (Å²) in [6.45, 7) is 2.82. The lowest BCUT2D eigenvalue weighted by molar-refractivity contribution is 0.155. The smallest absolute Gasteiger partial charge is 0.154 e. The number of rotatable bonds is 5. The Hall–Kier alpha value is -0.950. The number of sulfone groups is 1. The van der Waals surface area contributed by atoms with Crippen molar-refractivity contribution in [3.05, 3.63) is 35.9 Å². The molecule has 5 nitrogen and oxygen atoms in total. The Morgan fingerprint density at radius 3 is 2.45 bits per heavy atom. The maximum atomic E-state index is 11.6. The van der Waals surface area contributed by atoms with Crippen LogP contribution in [0, 0.1) is 0 Å². The zero-order valence-electron chi connectivity index (χ0n) is 12.7. The van der Waals surface area contributed by atoms with Gasteiger partial charge in [-0.15, -0.1) is 0 Å². The largest absolute Gasteiger partial charge is 0.390 e. The van der Waals surface area contributed by atoms with Gasteiger partial charge in [0.15, 0.2) is 9.84 Å². The predicted molar refractivity (Wildman–Crippen MR) is 86.4 cm³/mol. The third-order valence-electron chi connectivity index (χ3n) is 4.66. The van der Waals surface area contributed by atoms with Crippen LogP contribution >= 0.6 is 0 Å². The predicted octanol–water partition coefficient (Wildman–Crippen LogP) is 0.571. The van der Waals surface area contributed by atoms with Gasteiger partial charge in [-0.25, -0.2) is 8.42 Å². The Morgan fingerprint density at radius 1 is 1.18 bits per heavy atom. The molecule has 0 aliphatic carbocycles. The molecule has 2 N–H and O–H groups in total.